The van der Waals surface area contributed by atoms with Crippen LogP contribution in [0.5, 0.6) is 5.75 Å². The Morgan fingerprint density at radius 3 is 2.16 bits per heavy atom. The molecule has 1 fully saturated rings. The van der Waals surface area contributed by atoms with Crippen molar-refractivity contribution in [2.45, 2.75) is 0 Å². The number of benzene rings is 2. The molecule has 2 amide bonds. The summed E-state index contributed by atoms with van der Waals surface area (Å²) in [4.78, 5) is 32.3. The van der Waals surface area contributed by atoms with E-state index >= 15 is 0 Å². The molecule has 2 aromatic rings. The third-order valence-electron chi connectivity index (χ3n) is 5.63. The van der Waals surface area contributed by atoms with E-state index in [1.807, 2.05) is 4.90 Å². The summed E-state index contributed by atoms with van der Waals surface area (Å²) in [6.07, 6.45) is 0. The Morgan fingerprint density at radius 2 is 1.58 bits per heavy atom. The SMILES string of the molecule is COc1ccc(C2=C(N3CCN(CCO)CC3)C(=O)N(c3ccc(Cl)cc3)C2=O)cc1. The first kappa shape index (κ1) is 21.4. The topological polar surface area (TPSA) is 73.3 Å². The van der Waals surface area contributed by atoms with Gasteiger partial charge >= 0.3 is 0 Å². The van der Waals surface area contributed by atoms with Crippen LogP contribution in [-0.4, -0.2) is 73.2 Å². The van der Waals surface area contributed by atoms with Crippen molar-refractivity contribution >= 4 is 34.7 Å². The number of nitrogens with zero attached hydrogens (tertiary/aromatic N) is 3. The van der Waals surface area contributed by atoms with Crippen molar-refractivity contribution in [1.29, 1.82) is 0 Å². The highest BCUT2D eigenvalue weighted by Gasteiger charge is 2.43. The van der Waals surface area contributed by atoms with E-state index < -0.39 is 0 Å². The van der Waals surface area contributed by atoms with Gasteiger partial charge in [-0.1, -0.05) is 23.7 Å². The number of amides is 2. The first-order valence-electron chi connectivity index (χ1n) is 10.1. The Hall–Kier alpha value is -2.87. The molecule has 0 aliphatic carbocycles. The molecule has 2 aromatic carbocycles. The number of β-amino-alcohol motifs (C(OH)–C–C–N with tert-alkyl or cyclic N) is 1. The lowest BCUT2D eigenvalue weighted by Crippen LogP contribution is -2.48. The highest BCUT2D eigenvalue weighted by atomic mass is 35.5. The van der Waals surface area contributed by atoms with Gasteiger partial charge in [0, 0.05) is 37.7 Å². The van der Waals surface area contributed by atoms with Gasteiger partial charge in [0.05, 0.1) is 25.0 Å². The average molecular weight is 442 g/mol. The van der Waals surface area contributed by atoms with Crippen LogP contribution in [0.3, 0.4) is 0 Å². The van der Waals surface area contributed by atoms with Gasteiger partial charge in [0.2, 0.25) is 0 Å². The fraction of sp³-hybridized carbons (Fsp3) is 0.304. The lowest BCUT2D eigenvalue weighted by atomic mass is 10.0. The number of rotatable bonds is 6. The maximum atomic E-state index is 13.5. The van der Waals surface area contributed by atoms with Gasteiger partial charge in [0.1, 0.15) is 11.4 Å². The second-order valence-corrected chi connectivity index (χ2v) is 7.86. The summed E-state index contributed by atoms with van der Waals surface area (Å²) < 4.78 is 5.23. The van der Waals surface area contributed by atoms with Crippen molar-refractivity contribution in [3.05, 3.63) is 64.8 Å². The van der Waals surface area contributed by atoms with Crippen LogP contribution in [-0.2, 0) is 9.59 Å². The third kappa shape index (κ3) is 4.17. The molecule has 7 nitrogen and oxygen atoms in total. The fourth-order valence-corrected chi connectivity index (χ4v) is 4.12. The predicted molar refractivity (Wildman–Crippen MR) is 119 cm³/mol. The van der Waals surface area contributed by atoms with Crippen molar-refractivity contribution in [2.75, 3.05) is 51.3 Å². The zero-order valence-electron chi connectivity index (χ0n) is 17.3. The normalized spacial score (nSPS) is 17.6. The van der Waals surface area contributed by atoms with Crippen LogP contribution in [0.1, 0.15) is 5.56 Å². The summed E-state index contributed by atoms with van der Waals surface area (Å²) in [7, 11) is 1.58. The molecule has 31 heavy (non-hydrogen) atoms. The van der Waals surface area contributed by atoms with E-state index in [9.17, 15) is 14.7 Å². The first-order valence-corrected chi connectivity index (χ1v) is 10.5. The molecule has 1 N–H and O–H groups in total. The van der Waals surface area contributed by atoms with Gasteiger partial charge < -0.3 is 14.7 Å². The predicted octanol–water partition coefficient (Wildman–Crippen LogP) is 2.24. The number of imide groups is 1. The molecule has 0 unspecified atom stereocenters. The molecule has 0 saturated carbocycles. The minimum absolute atomic E-state index is 0.0988. The maximum absolute atomic E-state index is 13.5. The van der Waals surface area contributed by atoms with E-state index in [4.69, 9.17) is 16.3 Å². The molecular formula is C23H24ClN3O4. The molecule has 0 atom stereocenters. The zero-order valence-corrected chi connectivity index (χ0v) is 18.0. The highest BCUT2D eigenvalue weighted by molar-refractivity contribution is 6.45. The van der Waals surface area contributed by atoms with Crippen molar-refractivity contribution in [2.24, 2.45) is 0 Å². The van der Waals surface area contributed by atoms with Gasteiger partial charge in [-0.3, -0.25) is 14.5 Å². The molecule has 0 aromatic heterocycles. The molecule has 1 saturated heterocycles. The van der Waals surface area contributed by atoms with Crippen molar-refractivity contribution < 1.29 is 19.4 Å². The first-order chi connectivity index (χ1) is 15.0. The number of carbonyl (C=O) groups excluding carboxylic acids is 2. The van der Waals surface area contributed by atoms with Crippen LogP contribution in [0.15, 0.2) is 54.2 Å². The average Bonchev–Trinajstić information content (AvgIpc) is 3.05. The van der Waals surface area contributed by atoms with Gasteiger partial charge in [0.15, 0.2) is 0 Å². The number of ether oxygens (including phenoxy) is 1. The quantitative estimate of drug-likeness (QED) is 0.693. The Bertz CT molecular complexity index is 996. The number of hydrogen-bond acceptors (Lipinski definition) is 6. The number of methoxy groups -OCH3 is 1. The number of hydrogen-bond donors (Lipinski definition) is 1. The summed E-state index contributed by atoms with van der Waals surface area (Å²) in [5, 5.41) is 9.73. The molecular weight excluding hydrogens is 418 g/mol. The molecule has 2 aliphatic heterocycles. The number of aliphatic hydroxyl groups is 1. The van der Waals surface area contributed by atoms with Gasteiger partial charge in [-0.15, -0.1) is 0 Å². The molecule has 162 valence electrons. The number of halogens is 1. The van der Waals surface area contributed by atoms with Gasteiger partial charge in [-0.25, -0.2) is 4.90 Å². The number of carbonyl (C=O) groups is 2. The standard InChI is InChI=1S/C23H24ClN3O4/c1-31-19-8-2-16(3-9-19)20-21(26-12-10-25(11-13-26)14-15-28)23(30)27(22(20)29)18-6-4-17(24)5-7-18/h2-9,28H,10-15H2,1H3. The van der Waals surface area contributed by atoms with Gasteiger partial charge in [0.25, 0.3) is 11.8 Å². The zero-order chi connectivity index (χ0) is 22.0. The third-order valence-corrected chi connectivity index (χ3v) is 5.88. The van der Waals surface area contributed by atoms with E-state index in [0.29, 0.717) is 66.0 Å². The van der Waals surface area contributed by atoms with Crippen LogP contribution in [0, 0.1) is 0 Å². The smallest absolute Gasteiger partial charge is 0.282 e. The van der Waals surface area contributed by atoms with Crippen LogP contribution in [0.2, 0.25) is 5.02 Å². The maximum Gasteiger partial charge on any atom is 0.282 e. The molecule has 8 heteroatoms. The van der Waals surface area contributed by atoms with Crippen LogP contribution >= 0.6 is 11.6 Å². The number of aliphatic hydroxyl groups excluding tert-OH is 1. The fourth-order valence-electron chi connectivity index (χ4n) is 3.99. The second-order valence-electron chi connectivity index (χ2n) is 7.43. The summed E-state index contributed by atoms with van der Waals surface area (Å²) in [6, 6.07) is 13.8. The van der Waals surface area contributed by atoms with E-state index in [1.165, 1.54) is 4.90 Å². The second kappa shape index (κ2) is 9.09. The molecule has 2 aliphatic rings. The summed E-state index contributed by atoms with van der Waals surface area (Å²) >= 11 is 5.99. The monoisotopic (exact) mass is 441 g/mol. The minimum Gasteiger partial charge on any atom is -0.497 e. The lowest BCUT2D eigenvalue weighted by Gasteiger charge is -2.36. The molecule has 2 heterocycles. The minimum atomic E-state index is -0.356. The molecule has 4 rings (SSSR count). The van der Waals surface area contributed by atoms with Crippen molar-refractivity contribution in [3.63, 3.8) is 0 Å². The van der Waals surface area contributed by atoms with Gasteiger partial charge in [-0.2, -0.15) is 0 Å². The summed E-state index contributed by atoms with van der Waals surface area (Å²) in [5.74, 6) is -0.0196. The largest absolute Gasteiger partial charge is 0.497 e. The Balaban J connectivity index is 1.73. The van der Waals surface area contributed by atoms with Crippen LogP contribution in [0.4, 0.5) is 5.69 Å². The van der Waals surface area contributed by atoms with Crippen LogP contribution < -0.4 is 9.64 Å². The number of anilines is 1. The highest BCUT2D eigenvalue weighted by Crippen LogP contribution is 2.36. The summed E-state index contributed by atoms with van der Waals surface area (Å²) in [6.45, 7) is 3.32. The molecule has 0 bridgehead atoms. The summed E-state index contributed by atoms with van der Waals surface area (Å²) in [5.41, 5.74) is 1.95. The Morgan fingerprint density at radius 1 is 0.935 bits per heavy atom. The Labute approximate surface area is 186 Å². The van der Waals surface area contributed by atoms with E-state index in [-0.39, 0.29) is 18.4 Å². The number of piperazine rings is 1. The van der Waals surface area contributed by atoms with E-state index in [2.05, 4.69) is 4.90 Å². The van der Waals surface area contributed by atoms with Gasteiger partial charge in [-0.05, 0) is 42.0 Å². The van der Waals surface area contributed by atoms with E-state index in [1.54, 1.807) is 55.6 Å². The van der Waals surface area contributed by atoms with Crippen molar-refractivity contribution in [3.8, 4) is 5.75 Å². The van der Waals surface area contributed by atoms with Crippen LogP contribution in [0.25, 0.3) is 5.57 Å². The molecule has 0 radical (unpaired) electrons. The lowest BCUT2D eigenvalue weighted by molar-refractivity contribution is -0.120. The Kier molecular flexibility index (Phi) is 6.27. The van der Waals surface area contributed by atoms with E-state index in [0.717, 1.165) is 0 Å². The van der Waals surface area contributed by atoms with Crippen molar-refractivity contribution in [1.82, 2.24) is 9.80 Å². The molecule has 0 spiro atoms.